The molecule has 2 aliphatic rings. The van der Waals surface area contributed by atoms with E-state index in [4.69, 9.17) is 5.73 Å². The molecule has 3 N–H and O–H groups in total. The van der Waals surface area contributed by atoms with Crippen molar-refractivity contribution in [3.05, 3.63) is 34.3 Å². The van der Waals surface area contributed by atoms with Crippen LogP contribution in [0.15, 0.2) is 28.7 Å². The van der Waals surface area contributed by atoms with Crippen molar-refractivity contribution in [2.75, 3.05) is 0 Å². The maximum absolute atomic E-state index is 12.6. The van der Waals surface area contributed by atoms with Crippen molar-refractivity contribution < 1.29 is 4.79 Å². The van der Waals surface area contributed by atoms with Gasteiger partial charge in [-0.2, -0.15) is 0 Å². The third kappa shape index (κ3) is 4.28. The number of benzene rings is 1. The molecule has 0 aromatic heterocycles. The first-order valence-electron chi connectivity index (χ1n) is 8.36. The van der Waals surface area contributed by atoms with E-state index in [1.807, 2.05) is 12.1 Å². The number of amides is 1. The topological polar surface area (TPSA) is 55.1 Å². The molecule has 1 amide bonds. The summed E-state index contributed by atoms with van der Waals surface area (Å²) in [6.07, 6.45) is 5.61. The fourth-order valence-corrected chi connectivity index (χ4v) is 4.61. The van der Waals surface area contributed by atoms with Gasteiger partial charge in [0.05, 0.1) is 6.04 Å². The van der Waals surface area contributed by atoms with Crippen LogP contribution in [0.5, 0.6) is 0 Å². The molecule has 5 heteroatoms. The van der Waals surface area contributed by atoms with E-state index >= 15 is 0 Å². The molecule has 2 saturated carbocycles. The summed E-state index contributed by atoms with van der Waals surface area (Å²) in [5, 5.41) is 3.20. The highest BCUT2D eigenvalue weighted by Gasteiger charge is 2.40. The predicted octanol–water partition coefficient (Wildman–Crippen LogP) is 4.20. The average Bonchev–Trinajstić information content (AvgIpc) is 2.46. The molecule has 1 aromatic rings. The summed E-state index contributed by atoms with van der Waals surface area (Å²) in [5.74, 6) is 1.44. The molecule has 23 heavy (non-hydrogen) atoms. The van der Waals surface area contributed by atoms with E-state index in [0.29, 0.717) is 17.9 Å². The van der Waals surface area contributed by atoms with E-state index in [1.165, 1.54) is 19.3 Å². The Hall–Kier alpha value is -0.580. The molecule has 3 unspecified atom stereocenters. The van der Waals surface area contributed by atoms with Crippen LogP contribution in [0.3, 0.4) is 0 Å². The quantitative estimate of drug-likeness (QED) is 0.797. The minimum Gasteiger partial charge on any atom is -0.349 e. The number of hydrogen-bond donors (Lipinski definition) is 2. The average molecular weight is 402 g/mol. The lowest BCUT2D eigenvalue weighted by molar-refractivity contribution is -0.128. The third-order valence-electron chi connectivity index (χ3n) is 5.49. The van der Waals surface area contributed by atoms with Gasteiger partial charge in [0.25, 0.3) is 0 Å². The zero-order valence-electron chi connectivity index (χ0n) is 13.5. The van der Waals surface area contributed by atoms with Crippen LogP contribution in [0.1, 0.15) is 50.6 Å². The predicted molar refractivity (Wildman–Crippen MR) is 99.5 cm³/mol. The Morgan fingerprint density at radius 3 is 2.57 bits per heavy atom. The van der Waals surface area contributed by atoms with Gasteiger partial charge in [-0.05, 0) is 62.1 Å². The number of rotatable bonds is 3. The molecule has 0 saturated heterocycles. The van der Waals surface area contributed by atoms with Gasteiger partial charge in [0, 0.05) is 16.4 Å². The highest BCUT2D eigenvalue weighted by molar-refractivity contribution is 9.10. The van der Waals surface area contributed by atoms with Crippen molar-refractivity contribution in [1.29, 1.82) is 0 Å². The Balaban J connectivity index is 0.00000192. The van der Waals surface area contributed by atoms with Gasteiger partial charge in [-0.1, -0.05) is 34.5 Å². The van der Waals surface area contributed by atoms with Crippen molar-refractivity contribution in [3.8, 4) is 0 Å². The number of carbonyl (C=O) groups excluding carboxylic acids is 1. The monoisotopic (exact) mass is 400 g/mol. The van der Waals surface area contributed by atoms with E-state index < -0.39 is 0 Å². The van der Waals surface area contributed by atoms with E-state index in [0.717, 1.165) is 22.9 Å². The molecule has 2 bridgehead atoms. The fraction of sp³-hybridized carbons (Fsp3) is 0.611. The normalized spacial score (nSPS) is 30.9. The summed E-state index contributed by atoms with van der Waals surface area (Å²) in [6.45, 7) is 2.05. The molecule has 128 valence electrons. The number of nitrogens with two attached hydrogens (primary N) is 1. The molecule has 3 nitrogen and oxygen atoms in total. The summed E-state index contributed by atoms with van der Waals surface area (Å²) in [4.78, 5) is 12.6. The van der Waals surface area contributed by atoms with Crippen molar-refractivity contribution in [2.45, 2.75) is 51.1 Å². The number of hydrogen-bond acceptors (Lipinski definition) is 2. The van der Waals surface area contributed by atoms with Gasteiger partial charge in [-0.25, -0.2) is 0 Å². The Labute approximate surface area is 153 Å². The molecule has 0 radical (unpaired) electrons. The number of halogens is 2. The van der Waals surface area contributed by atoms with Gasteiger partial charge in [0.1, 0.15) is 0 Å². The van der Waals surface area contributed by atoms with Crippen LogP contribution >= 0.6 is 28.3 Å². The molecular weight excluding hydrogens is 376 g/mol. The third-order valence-corrected chi connectivity index (χ3v) is 5.98. The Morgan fingerprint density at radius 1 is 1.30 bits per heavy atom. The van der Waals surface area contributed by atoms with Crippen LogP contribution in [0, 0.1) is 17.8 Å². The van der Waals surface area contributed by atoms with E-state index in [9.17, 15) is 4.79 Å². The largest absolute Gasteiger partial charge is 0.349 e. The van der Waals surface area contributed by atoms with Crippen LogP contribution < -0.4 is 11.1 Å². The molecule has 2 aliphatic carbocycles. The number of carbonyl (C=O) groups is 1. The first kappa shape index (κ1) is 18.8. The maximum atomic E-state index is 12.6. The minimum absolute atomic E-state index is 0. The molecule has 0 aliphatic heterocycles. The van der Waals surface area contributed by atoms with Gasteiger partial charge in [0.2, 0.25) is 5.91 Å². The molecule has 3 rings (SSSR count). The second-order valence-corrected chi connectivity index (χ2v) is 7.90. The zero-order valence-corrected chi connectivity index (χ0v) is 15.9. The molecule has 0 spiro atoms. The summed E-state index contributed by atoms with van der Waals surface area (Å²) >= 11 is 3.49. The van der Waals surface area contributed by atoms with Gasteiger partial charge in [0.15, 0.2) is 0 Å². The van der Waals surface area contributed by atoms with Gasteiger partial charge >= 0.3 is 0 Å². The van der Waals surface area contributed by atoms with Crippen LogP contribution in [0.2, 0.25) is 0 Å². The first-order valence-corrected chi connectivity index (χ1v) is 9.15. The number of fused-ring (bicyclic) bond motifs is 2. The summed E-state index contributed by atoms with van der Waals surface area (Å²) in [5.41, 5.74) is 7.45. The lowest BCUT2D eigenvalue weighted by Gasteiger charge is -2.43. The highest BCUT2D eigenvalue weighted by atomic mass is 79.9. The van der Waals surface area contributed by atoms with Gasteiger partial charge < -0.3 is 11.1 Å². The van der Waals surface area contributed by atoms with Crippen molar-refractivity contribution in [1.82, 2.24) is 5.32 Å². The van der Waals surface area contributed by atoms with Crippen LogP contribution in [-0.2, 0) is 4.79 Å². The van der Waals surface area contributed by atoms with E-state index in [1.54, 1.807) is 0 Å². The second-order valence-electron chi connectivity index (χ2n) is 6.98. The van der Waals surface area contributed by atoms with Crippen LogP contribution in [0.4, 0.5) is 0 Å². The second kappa shape index (κ2) is 8.00. The molecule has 1 aromatic carbocycles. The van der Waals surface area contributed by atoms with E-state index in [-0.39, 0.29) is 30.3 Å². The maximum Gasteiger partial charge on any atom is 0.223 e. The smallest absolute Gasteiger partial charge is 0.223 e. The summed E-state index contributed by atoms with van der Waals surface area (Å²) < 4.78 is 1.05. The van der Waals surface area contributed by atoms with Gasteiger partial charge in [-0.3, -0.25) is 4.79 Å². The Kier molecular flexibility index (Phi) is 6.52. The molecule has 3 atom stereocenters. The lowest BCUT2D eigenvalue weighted by atomic mass is 9.65. The van der Waals surface area contributed by atoms with Crippen LogP contribution in [-0.4, -0.2) is 11.9 Å². The first-order chi connectivity index (χ1) is 10.5. The van der Waals surface area contributed by atoms with E-state index in [2.05, 4.69) is 40.3 Å². The molecule has 0 heterocycles. The van der Waals surface area contributed by atoms with Crippen molar-refractivity contribution >= 4 is 34.2 Å². The Morgan fingerprint density at radius 2 is 1.96 bits per heavy atom. The summed E-state index contributed by atoms with van der Waals surface area (Å²) in [7, 11) is 0. The van der Waals surface area contributed by atoms with Crippen LogP contribution in [0.25, 0.3) is 0 Å². The minimum atomic E-state index is 0. The summed E-state index contributed by atoms with van der Waals surface area (Å²) in [6, 6.07) is 8.49. The van der Waals surface area contributed by atoms with Gasteiger partial charge in [-0.15, -0.1) is 12.4 Å². The fourth-order valence-electron chi connectivity index (χ4n) is 4.19. The SMILES string of the molecule is CC(NC(=O)C1CC2CCCC(C1)C2N)c1cccc(Br)c1.Cl. The molecular formula is C18H26BrClN2O. The Bertz CT molecular complexity index is 540. The molecule has 2 fully saturated rings. The lowest BCUT2D eigenvalue weighted by Crippen LogP contribution is -2.49. The van der Waals surface area contributed by atoms with Crippen molar-refractivity contribution in [2.24, 2.45) is 23.5 Å². The standard InChI is InChI=1S/C18H25BrN2O.ClH/c1-11(12-4-3-7-16(19)10-12)21-18(22)15-8-13-5-2-6-14(9-15)17(13)20;/h3-4,7,10-11,13-15,17H,2,5-6,8-9,20H2,1H3,(H,21,22);1H. The van der Waals surface area contributed by atoms with Crippen molar-refractivity contribution in [3.63, 3.8) is 0 Å². The highest BCUT2D eigenvalue weighted by Crippen LogP contribution is 2.42. The zero-order chi connectivity index (χ0) is 15.7. The number of nitrogens with one attached hydrogen (secondary N) is 1.